The first kappa shape index (κ1) is 12.6. The van der Waals surface area contributed by atoms with Crippen molar-refractivity contribution in [2.75, 3.05) is 10.7 Å². The number of nitriles is 1. The maximum absolute atomic E-state index is 12.0. The van der Waals surface area contributed by atoms with Crippen molar-refractivity contribution in [3.05, 3.63) is 59.7 Å². The van der Waals surface area contributed by atoms with E-state index < -0.39 is 0 Å². The molecule has 0 saturated heterocycles. The molecule has 2 aromatic carbocycles. The molecule has 0 aromatic heterocycles. The van der Waals surface area contributed by atoms with Crippen molar-refractivity contribution < 1.29 is 4.79 Å². The van der Waals surface area contributed by atoms with Crippen molar-refractivity contribution in [1.82, 2.24) is 0 Å². The van der Waals surface area contributed by atoms with Crippen molar-refractivity contribution in [2.45, 2.75) is 0 Å². The molecule has 0 radical (unpaired) electrons. The zero-order valence-corrected chi connectivity index (χ0v) is 10.1. The van der Waals surface area contributed by atoms with Gasteiger partial charge in [-0.2, -0.15) is 5.26 Å². The number of amides is 1. The molecule has 2 rings (SSSR count). The number of nitrogens with zero attached hydrogens (tertiary/aromatic N) is 1. The van der Waals surface area contributed by atoms with Crippen LogP contribution in [0.5, 0.6) is 0 Å². The van der Waals surface area contributed by atoms with Crippen LogP contribution in [0, 0.1) is 11.3 Å². The number of rotatable bonds is 3. The number of benzene rings is 2. The van der Waals surface area contributed by atoms with Crippen LogP contribution < -0.4 is 16.6 Å². The van der Waals surface area contributed by atoms with Crippen molar-refractivity contribution in [3.63, 3.8) is 0 Å². The number of carbonyl (C=O) groups is 1. The molecular formula is C14H12N4O. The summed E-state index contributed by atoms with van der Waals surface area (Å²) < 4.78 is 0. The molecule has 2 aromatic rings. The third kappa shape index (κ3) is 2.89. The Morgan fingerprint density at radius 3 is 2.42 bits per heavy atom. The van der Waals surface area contributed by atoms with Gasteiger partial charge in [0.05, 0.1) is 11.3 Å². The van der Waals surface area contributed by atoms with Crippen LogP contribution in [0.3, 0.4) is 0 Å². The fourth-order valence-electron chi connectivity index (χ4n) is 1.60. The topological polar surface area (TPSA) is 90.9 Å². The third-order valence-electron chi connectivity index (χ3n) is 2.61. The lowest BCUT2D eigenvalue weighted by Gasteiger charge is -2.07. The molecule has 5 nitrogen and oxygen atoms in total. The molecule has 0 aliphatic carbocycles. The number of hydrazine groups is 1. The Balaban J connectivity index is 2.18. The summed E-state index contributed by atoms with van der Waals surface area (Å²) in [6.07, 6.45) is 0. The predicted octanol–water partition coefficient (Wildman–Crippen LogP) is 2.10. The standard InChI is InChI=1S/C14H12N4O/c15-9-11-3-1-2-4-13(11)17-14(19)10-5-7-12(18-16)8-6-10/h1-8,18H,16H2,(H,17,19). The SMILES string of the molecule is N#Cc1ccccc1NC(=O)c1ccc(NN)cc1. The average molecular weight is 252 g/mol. The average Bonchev–Trinajstić information content (AvgIpc) is 2.48. The van der Waals surface area contributed by atoms with Crippen LogP contribution in [-0.4, -0.2) is 5.91 Å². The van der Waals surface area contributed by atoms with E-state index in [9.17, 15) is 4.79 Å². The fourth-order valence-corrected chi connectivity index (χ4v) is 1.60. The van der Waals surface area contributed by atoms with E-state index in [-0.39, 0.29) is 5.91 Å². The number of hydrogen-bond donors (Lipinski definition) is 3. The second-order valence-electron chi connectivity index (χ2n) is 3.83. The number of nitrogens with one attached hydrogen (secondary N) is 2. The smallest absolute Gasteiger partial charge is 0.255 e. The van der Waals surface area contributed by atoms with Gasteiger partial charge in [-0.05, 0) is 36.4 Å². The molecular weight excluding hydrogens is 240 g/mol. The van der Waals surface area contributed by atoms with Crippen LogP contribution in [-0.2, 0) is 0 Å². The van der Waals surface area contributed by atoms with Crippen molar-refractivity contribution >= 4 is 17.3 Å². The minimum Gasteiger partial charge on any atom is -0.324 e. The quantitative estimate of drug-likeness (QED) is 0.576. The van der Waals surface area contributed by atoms with Gasteiger partial charge in [-0.1, -0.05) is 12.1 Å². The normalized spacial score (nSPS) is 9.47. The van der Waals surface area contributed by atoms with Gasteiger partial charge in [0.2, 0.25) is 0 Å². The summed E-state index contributed by atoms with van der Waals surface area (Å²) in [4.78, 5) is 12.0. The van der Waals surface area contributed by atoms with E-state index in [2.05, 4.69) is 10.7 Å². The number of para-hydroxylation sites is 1. The highest BCUT2D eigenvalue weighted by Gasteiger charge is 2.08. The molecule has 1 amide bonds. The summed E-state index contributed by atoms with van der Waals surface area (Å²) >= 11 is 0. The molecule has 0 fully saturated rings. The summed E-state index contributed by atoms with van der Waals surface area (Å²) in [5.41, 5.74) is 4.62. The van der Waals surface area contributed by atoms with E-state index in [0.717, 1.165) is 0 Å². The van der Waals surface area contributed by atoms with Gasteiger partial charge in [0.25, 0.3) is 5.91 Å². The van der Waals surface area contributed by atoms with Crippen molar-refractivity contribution in [2.24, 2.45) is 5.84 Å². The van der Waals surface area contributed by atoms with Crippen LogP contribution in [0.2, 0.25) is 0 Å². The third-order valence-corrected chi connectivity index (χ3v) is 2.61. The number of anilines is 2. The van der Waals surface area contributed by atoms with Gasteiger partial charge in [0, 0.05) is 11.3 Å². The minimum absolute atomic E-state index is 0.272. The highest BCUT2D eigenvalue weighted by Crippen LogP contribution is 2.15. The van der Waals surface area contributed by atoms with Crippen LogP contribution in [0.4, 0.5) is 11.4 Å². The Bertz CT molecular complexity index is 629. The molecule has 0 saturated carbocycles. The van der Waals surface area contributed by atoms with Gasteiger partial charge in [-0.25, -0.2) is 0 Å². The van der Waals surface area contributed by atoms with Gasteiger partial charge in [0.15, 0.2) is 0 Å². The molecule has 0 heterocycles. The Labute approximate surface area is 110 Å². The predicted molar refractivity (Wildman–Crippen MR) is 73.4 cm³/mol. The van der Waals surface area contributed by atoms with Crippen LogP contribution in [0.15, 0.2) is 48.5 Å². The largest absolute Gasteiger partial charge is 0.324 e. The summed E-state index contributed by atoms with van der Waals surface area (Å²) in [5, 5.41) is 11.6. The molecule has 0 aliphatic heterocycles. The first-order chi connectivity index (χ1) is 9.24. The molecule has 19 heavy (non-hydrogen) atoms. The molecule has 94 valence electrons. The molecule has 5 heteroatoms. The zero-order chi connectivity index (χ0) is 13.7. The first-order valence-electron chi connectivity index (χ1n) is 5.62. The van der Waals surface area contributed by atoms with Crippen molar-refractivity contribution in [1.29, 1.82) is 5.26 Å². The number of nitrogen functional groups attached to an aromatic ring is 1. The molecule has 0 atom stereocenters. The second-order valence-corrected chi connectivity index (χ2v) is 3.83. The lowest BCUT2D eigenvalue weighted by Crippen LogP contribution is -2.13. The van der Waals surface area contributed by atoms with Gasteiger partial charge in [0.1, 0.15) is 6.07 Å². The van der Waals surface area contributed by atoms with E-state index in [0.29, 0.717) is 22.5 Å². The Kier molecular flexibility index (Phi) is 3.76. The molecule has 0 bridgehead atoms. The number of hydrogen-bond acceptors (Lipinski definition) is 4. The molecule has 0 spiro atoms. The summed E-state index contributed by atoms with van der Waals surface area (Å²) in [6, 6.07) is 15.6. The molecule has 0 unspecified atom stereocenters. The van der Waals surface area contributed by atoms with Crippen molar-refractivity contribution in [3.8, 4) is 6.07 Å². The fraction of sp³-hybridized carbons (Fsp3) is 0. The van der Waals surface area contributed by atoms with E-state index >= 15 is 0 Å². The summed E-state index contributed by atoms with van der Waals surface area (Å²) in [5.74, 6) is 4.98. The van der Waals surface area contributed by atoms with Gasteiger partial charge >= 0.3 is 0 Å². The van der Waals surface area contributed by atoms with Gasteiger partial charge < -0.3 is 10.7 Å². The van der Waals surface area contributed by atoms with Crippen LogP contribution >= 0.6 is 0 Å². The lowest BCUT2D eigenvalue weighted by molar-refractivity contribution is 0.102. The van der Waals surface area contributed by atoms with E-state index in [1.807, 2.05) is 6.07 Å². The monoisotopic (exact) mass is 252 g/mol. The Hall–Kier alpha value is -2.84. The van der Waals surface area contributed by atoms with Gasteiger partial charge in [-0.15, -0.1) is 0 Å². The highest BCUT2D eigenvalue weighted by molar-refractivity contribution is 6.05. The first-order valence-corrected chi connectivity index (χ1v) is 5.62. The summed E-state index contributed by atoms with van der Waals surface area (Å²) in [6.45, 7) is 0. The zero-order valence-electron chi connectivity index (χ0n) is 10.1. The highest BCUT2D eigenvalue weighted by atomic mass is 16.1. The Morgan fingerprint density at radius 1 is 1.11 bits per heavy atom. The van der Waals surface area contributed by atoms with Crippen LogP contribution in [0.1, 0.15) is 15.9 Å². The maximum atomic E-state index is 12.0. The van der Waals surface area contributed by atoms with Crippen LogP contribution in [0.25, 0.3) is 0 Å². The minimum atomic E-state index is -0.272. The molecule has 0 aliphatic rings. The summed E-state index contributed by atoms with van der Waals surface area (Å²) in [7, 11) is 0. The Morgan fingerprint density at radius 2 is 1.79 bits per heavy atom. The van der Waals surface area contributed by atoms with E-state index in [1.165, 1.54) is 0 Å². The van der Waals surface area contributed by atoms with E-state index in [1.54, 1.807) is 48.5 Å². The lowest BCUT2D eigenvalue weighted by atomic mass is 10.1. The van der Waals surface area contributed by atoms with E-state index in [4.69, 9.17) is 11.1 Å². The maximum Gasteiger partial charge on any atom is 0.255 e. The second kappa shape index (κ2) is 5.67. The number of carbonyl (C=O) groups excluding carboxylic acids is 1. The number of nitrogens with two attached hydrogens (primary N) is 1. The van der Waals surface area contributed by atoms with Gasteiger partial charge in [-0.3, -0.25) is 10.6 Å². The molecule has 4 N–H and O–H groups in total.